The molecule has 0 saturated heterocycles. The molecule has 3 amide bonds. The Bertz CT molecular complexity index is 689. The van der Waals surface area contributed by atoms with Crippen molar-refractivity contribution in [1.82, 2.24) is 15.6 Å². The van der Waals surface area contributed by atoms with E-state index in [0.717, 1.165) is 11.3 Å². The highest BCUT2D eigenvalue weighted by molar-refractivity contribution is 6.30. The van der Waals surface area contributed by atoms with E-state index < -0.39 is 6.03 Å². The topological polar surface area (TPSA) is 83.1 Å². The summed E-state index contributed by atoms with van der Waals surface area (Å²) in [5.41, 5.74) is 2.36. The number of benzene rings is 1. The third kappa shape index (κ3) is 5.96. The fourth-order valence-corrected chi connectivity index (χ4v) is 1.96. The van der Waals surface area contributed by atoms with E-state index in [2.05, 4.69) is 20.9 Å². The lowest BCUT2D eigenvalue weighted by molar-refractivity contribution is -0.115. The molecule has 0 aliphatic heterocycles. The van der Waals surface area contributed by atoms with Gasteiger partial charge in [0.05, 0.1) is 6.54 Å². The van der Waals surface area contributed by atoms with Crippen LogP contribution in [-0.4, -0.2) is 23.5 Å². The van der Waals surface area contributed by atoms with Crippen LogP contribution in [0.15, 0.2) is 42.6 Å². The normalized spacial score (nSPS) is 10.0. The van der Waals surface area contributed by atoms with E-state index in [1.54, 1.807) is 30.5 Å². The maximum atomic E-state index is 11.8. The molecule has 0 spiro atoms. The van der Waals surface area contributed by atoms with Crippen molar-refractivity contribution in [3.05, 3.63) is 58.9 Å². The predicted octanol–water partition coefficient (Wildman–Crippen LogP) is 2.48. The summed E-state index contributed by atoms with van der Waals surface area (Å²) >= 11 is 5.79. The molecule has 0 fully saturated rings. The van der Waals surface area contributed by atoms with Gasteiger partial charge in [-0.25, -0.2) is 4.79 Å². The van der Waals surface area contributed by atoms with Gasteiger partial charge in [0.25, 0.3) is 0 Å². The zero-order valence-corrected chi connectivity index (χ0v) is 13.4. The first-order valence-electron chi connectivity index (χ1n) is 7.01. The van der Waals surface area contributed by atoms with Crippen LogP contribution >= 0.6 is 11.6 Å². The molecule has 3 N–H and O–H groups in total. The van der Waals surface area contributed by atoms with Crippen molar-refractivity contribution in [2.45, 2.75) is 13.5 Å². The van der Waals surface area contributed by atoms with Crippen molar-refractivity contribution in [3.63, 3.8) is 0 Å². The number of aryl methyl sites for hydroxylation is 1. The highest BCUT2D eigenvalue weighted by Crippen LogP contribution is 2.09. The van der Waals surface area contributed by atoms with Crippen molar-refractivity contribution in [1.29, 1.82) is 0 Å². The molecule has 0 radical (unpaired) electrons. The minimum absolute atomic E-state index is 0.117. The second-order valence-electron chi connectivity index (χ2n) is 4.90. The predicted molar refractivity (Wildman–Crippen MR) is 89.3 cm³/mol. The Labute approximate surface area is 139 Å². The number of halogens is 1. The van der Waals surface area contributed by atoms with E-state index in [-0.39, 0.29) is 12.5 Å². The van der Waals surface area contributed by atoms with Gasteiger partial charge in [0.15, 0.2) is 0 Å². The first kappa shape index (κ1) is 16.8. The minimum atomic E-state index is -0.416. The number of aromatic nitrogens is 1. The average molecular weight is 333 g/mol. The number of rotatable bonds is 5. The summed E-state index contributed by atoms with van der Waals surface area (Å²) in [6.07, 6.45) is 1.61. The number of amides is 3. The highest BCUT2D eigenvalue weighted by Gasteiger charge is 2.06. The van der Waals surface area contributed by atoms with Crippen LogP contribution in [0.5, 0.6) is 0 Å². The van der Waals surface area contributed by atoms with E-state index in [0.29, 0.717) is 17.3 Å². The standard InChI is InChI=1S/C16H17ClN4O2/c1-11-8-14(6-7-18-11)21-15(22)10-20-16(23)19-9-12-2-4-13(17)5-3-12/h2-8H,9-10H2,1H3,(H,18,21,22)(H2,19,20,23). The molecule has 7 heteroatoms. The summed E-state index contributed by atoms with van der Waals surface area (Å²) in [5, 5.41) is 8.48. The van der Waals surface area contributed by atoms with Crippen LogP contribution in [0.3, 0.4) is 0 Å². The first-order valence-corrected chi connectivity index (χ1v) is 7.39. The first-order chi connectivity index (χ1) is 11.0. The van der Waals surface area contributed by atoms with Crippen LogP contribution in [0.2, 0.25) is 5.02 Å². The fourth-order valence-electron chi connectivity index (χ4n) is 1.84. The van der Waals surface area contributed by atoms with Gasteiger partial charge in [-0.3, -0.25) is 9.78 Å². The SMILES string of the molecule is Cc1cc(NC(=O)CNC(=O)NCc2ccc(Cl)cc2)ccn1. The van der Waals surface area contributed by atoms with Crippen LogP contribution in [0.1, 0.15) is 11.3 Å². The maximum Gasteiger partial charge on any atom is 0.315 e. The summed E-state index contributed by atoms with van der Waals surface area (Å²) in [7, 11) is 0. The van der Waals surface area contributed by atoms with Gasteiger partial charge in [-0.1, -0.05) is 23.7 Å². The van der Waals surface area contributed by atoms with Crippen molar-refractivity contribution >= 4 is 29.2 Å². The summed E-state index contributed by atoms with van der Waals surface area (Å²) in [6, 6.07) is 10.2. The molecular weight excluding hydrogens is 316 g/mol. The Morgan fingerprint density at radius 3 is 2.57 bits per heavy atom. The van der Waals surface area contributed by atoms with E-state index in [9.17, 15) is 9.59 Å². The Kier molecular flexibility index (Phi) is 5.94. The highest BCUT2D eigenvalue weighted by atomic mass is 35.5. The second-order valence-corrected chi connectivity index (χ2v) is 5.33. The molecule has 0 atom stereocenters. The Hall–Kier alpha value is -2.60. The smallest absolute Gasteiger partial charge is 0.315 e. The molecule has 2 rings (SSSR count). The van der Waals surface area contributed by atoms with Crippen molar-refractivity contribution in [2.24, 2.45) is 0 Å². The number of carbonyl (C=O) groups excluding carboxylic acids is 2. The van der Waals surface area contributed by atoms with Crippen LogP contribution in [0.25, 0.3) is 0 Å². The zero-order valence-electron chi connectivity index (χ0n) is 12.6. The molecule has 23 heavy (non-hydrogen) atoms. The molecule has 1 aromatic carbocycles. The zero-order chi connectivity index (χ0) is 16.7. The lowest BCUT2D eigenvalue weighted by atomic mass is 10.2. The van der Waals surface area contributed by atoms with E-state index in [4.69, 9.17) is 11.6 Å². The number of anilines is 1. The van der Waals surface area contributed by atoms with Gasteiger partial charge in [-0.2, -0.15) is 0 Å². The van der Waals surface area contributed by atoms with Crippen LogP contribution < -0.4 is 16.0 Å². The fraction of sp³-hybridized carbons (Fsp3) is 0.188. The molecule has 0 saturated carbocycles. The van der Waals surface area contributed by atoms with Gasteiger partial charge in [-0.15, -0.1) is 0 Å². The van der Waals surface area contributed by atoms with E-state index >= 15 is 0 Å². The Morgan fingerprint density at radius 2 is 1.87 bits per heavy atom. The van der Waals surface area contributed by atoms with Crippen LogP contribution in [0.4, 0.5) is 10.5 Å². The molecule has 0 unspecified atom stereocenters. The van der Waals surface area contributed by atoms with Gasteiger partial charge in [0, 0.05) is 29.1 Å². The summed E-state index contributed by atoms with van der Waals surface area (Å²) in [5.74, 6) is -0.308. The number of hydrogen-bond donors (Lipinski definition) is 3. The van der Waals surface area contributed by atoms with E-state index in [1.807, 2.05) is 19.1 Å². The Balaban J connectivity index is 1.71. The van der Waals surface area contributed by atoms with Crippen molar-refractivity contribution in [3.8, 4) is 0 Å². The number of pyridine rings is 1. The molecule has 2 aromatic rings. The van der Waals surface area contributed by atoms with Crippen molar-refractivity contribution < 1.29 is 9.59 Å². The molecule has 120 valence electrons. The number of urea groups is 1. The Morgan fingerprint density at radius 1 is 1.13 bits per heavy atom. The van der Waals surface area contributed by atoms with E-state index in [1.165, 1.54) is 0 Å². The molecule has 1 aromatic heterocycles. The van der Waals surface area contributed by atoms with Gasteiger partial charge in [0.1, 0.15) is 0 Å². The lowest BCUT2D eigenvalue weighted by Gasteiger charge is -2.09. The van der Waals surface area contributed by atoms with Gasteiger partial charge < -0.3 is 16.0 Å². The number of carbonyl (C=O) groups is 2. The van der Waals surface area contributed by atoms with Crippen LogP contribution in [-0.2, 0) is 11.3 Å². The number of nitrogens with zero attached hydrogens (tertiary/aromatic N) is 1. The summed E-state index contributed by atoms with van der Waals surface area (Å²) in [6.45, 7) is 2.07. The molecule has 0 aliphatic carbocycles. The van der Waals surface area contributed by atoms with Crippen LogP contribution in [0, 0.1) is 6.92 Å². The van der Waals surface area contributed by atoms with Crippen molar-refractivity contribution in [2.75, 3.05) is 11.9 Å². The quantitative estimate of drug-likeness (QED) is 0.786. The molecule has 1 heterocycles. The van der Waals surface area contributed by atoms with Gasteiger partial charge in [0.2, 0.25) is 5.91 Å². The minimum Gasteiger partial charge on any atom is -0.334 e. The average Bonchev–Trinajstić information content (AvgIpc) is 2.52. The lowest BCUT2D eigenvalue weighted by Crippen LogP contribution is -2.39. The second kappa shape index (κ2) is 8.14. The monoisotopic (exact) mass is 332 g/mol. The largest absolute Gasteiger partial charge is 0.334 e. The third-order valence-electron chi connectivity index (χ3n) is 2.96. The number of hydrogen-bond acceptors (Lipinski definition) is 3. The van der Waals surface area contributed by atoms with Gasteiger partial charge >= 0.3 is 6.03 Å². The molecule has 0 bridgehead atoms. The maximum absolute atomic E-state index is 11.8. The third-order valence-corrected chi connectivity index (χ3v) is 3.21. The molecule has 0 aliphatic rings. The van der Waals surface area contributed by atoms with Gasteiger partial charge in [-0.05, 0) is 36.8 Å². The number of nitrogens with one attached hydrogen (secondary N) is 3. The summed E-state index contributed by atoms with van der Waals surface area (Å²) in [4.78, 5) is 27.4. The molecular formula is C16H17ClN4O2. The molecule has 6 nitrogen and oxygen atoms in total. The summed E-state index contributed by atoms with van der Waals surface area (Å²) < 4.78 is 0.